The first-order valence-corrected chi connectivity index (χ1v) is 7.91. The second kappa shape index (κ2) is 7.73. The Bertz CT molecular complexity index is 855. The standard InChI is InChI=1S/C16H11BrF3NO5/c1-2-25-14-6-9(8-22)5-11(17)15(14)26-13-4-3-10(16(18,19)20)7-12(13)21(23)24/h3-8H,2H2,1H3. The van der Waals surface area contributed by atoms with Crippen LogP contribution in [0.15, 0.2) is 34.8 Å². The quantitative estimate of drug-likeness (QED) is 0.347. The van der Waals surface area contributed by atoms with E-state index in [1.165, 1.54) is 12.1 Å². The molecule has 0 amide bonds. The number of nitro benzene ring substituents is 1. The third kappa shape index (κ3) is 4.31. The summed E-state index contributed by atoms with van der Waals surface area (Å²) in [5, 5.41) is 11.2. The molecule has 0 aliphatic rings. The fourth-order valence-electron chi connectivity index (χ4n) is 2.05. The molecule has 0 aromatic heterocycles. The van der Waals surface area contributed by atoms with E-state index < -0.39 is 28.1 Å². The third-order valence-electron chi connectivity index (χ3n) is 3.16. The summed E-state index contributed by atoms with van der Waals surface area (Å²) in [5.41, 5.74) is -1.76. The predicted molar refractivity (Wildman–Crippen MR) is 88.9 cm³/mol. The SMILES string of the molecule is CCOc1cc(C=O)cc(Br)c1Oc1ccc(C(F)(F)F)cc1[N+](=O)[O-]. The number of benzene rings is 2. The highest BCUT2D eigenvalue weighted by molar-refractivity contribution is 9.10. The van der Waals surface area contributed by atoms with E-state index >= 15 is 0 Å². The van der Waals surface area contributed by atoms with Crippen molar-refractivity contribution in [2.24, 2.45) is 0 Å². The molecule has 0 atom stereocenters. The van der Waals surface area contributed by atoms with Crippen molar-refractivity contribution < 1.29 is 32.4 Å². The van der Waals surface area contributed by atoms with Gasteiger partial charge in [-0.2, -0.15) is 13.2 Å². The molecular weight excluding hydrogens is 423 g/mol. The van der Waals surface area contributed by atoms with Crippen LogP contribution in [0.5, 0.6) is 17.2 Å². The first-order valence-electron chi connectivity index (χ1n) is 7.12. The number of alkyl halides is 3. The van der Waals surface area contributed by atoms with Gasteiger partial charge in [0.25, 0.3) is 0 Å². The Hall–Kier alpha value is -2.62. The molecule has 0 aliphatic heterocycles. The highest BCUT2D eigenvalue weighted by Gasteiger charge is 2.33. The number of carbonyl (C=O) groups is 1. The molecule has 6 nitrogen and oxygen atoms in total. The first-order chi connectivity index (χ1) is 12.2. The van der Waals surface area contributed by atoms with Gasteiger partial charge >= 0.3 is 11.9 Å². The minimum atomic E-state index is -4.73. The molecule has 0 saturated heterocycles. The van der Waals surface area contributed by atoms with Gasteiger partial charge in [0.1, 0.15) is 6.29 Å². The summed E-state index contributed by atoms with van der Waals surface area (Å²) in [7, 11) is 0. The first kappa shape index (κ1) is 19.7. The fraction of sp³-hybridized carbons (Fsp3) is 0.188. The van der Waals surface area contributed by atoms with Crippen LogP contribution in [0.1, 0.15) is 22.8 Å². The molecule has 10 heteroatoms. The number of ether oxygens (including phenoxy) is 2. The molecule has 2 aromatic rings. The van der Waals surface area contributed by atoms with E-state index in [1.807, 2.05) is 0 Å². The summed E-state index contributed by atoms with van der Waals surface area (Å²) in [4.78, 5) is 21.1. The Balaban J connectivity index is 2.54. The summed E-state index contributed by atoms with van der Waals surface area (Å²) >= 11 is 3.16. The molecule has 0 unspecified atom stereocenters. The average molecular weight is 434 g/mol. The topological polar surface area (TPSA) is 78.7 Å². The van der Waals surface area contributed by atoms with Gasteiger partial charge in [0.2, 0.25) is 5.75 Å². The normalized spacial score (nSPS) is 11.1. The van der Waals surface area contributed by atoms with Crippen LogP contribution in [0.4, 0.5) is 18.9 Å². The summed E-state index contributed by atoms with van der Waals surface area (Å²) in [6.45, 7) is 1.88. The van der Waals surface area contributed by atoms with E-state index in [4.69, 9.17) is 9.47 Å². The van der Waals surface area contributed by atoms with Crippen molar-refractivity contribution in [1.82, 2.24) is 0 Å². The summed E-state index contributed by atoms with van der Waals surface area (Å²) in [6, 6.07) is 4.67. The van der Waals surface area contributed by atoms with Crippen LogP contribution in [0, 0.1) is 10.1 Å². The molecular formula is C16H11BrF3NO5. The predicted octanol–water partition coefficient (Wildman–Crippen LogP) is 5.38. The van der Waals surface area contributed by atoms with E-state index in [0.29, 0.717) is 18.4 Å². The number of nitro groups is 1. The molecule has 0 N–H and O–H groups in total. The second-order valence-corrected chi connectivity index (χ2v) is 5.77. The van der Waals surface area contributed by atoms with Crippen molar-refractivity contribution in [2.45, 2.75) is 13.1 Å². The van der Waals surface area contributed by atoms with E-state index in [9.17, 15) is 28.1 Å². The van der Waals surface area contributed by atoms with Crippen molar-refractivity contribution in [3.05, 3.63) is 56.0 Å². The monoisotopic (exact) mass is 433 g/mol. The molecule has 0 fully saturated rings. The van der Waals surface area contributed by atoms with Gasteiger partial charge in [0, 0.05) is 11.6 Å². The van der Waals surface area contributed by atoms with Gasteiger partial charge in [0.05, 0.1) is 21.6 Å². The zero-order chi connectivity index (χ0) is 19.5. The highest BCUT2D eigenvalue weighted by Crippen LogP contribution is 2.43. The second-order valence-electron chi connectivity index (χ2n) is 4.92. The highest BCUT2D eigenvalue weighted by atomic mass is 79.9. The van der Waals surface area contributed by atoms with Gasteiger partial charge in [-0.05, 0) is 47.1 Å². The van der Waals surface area contributed by atoms with Gasteiger partial charge in [-0.25, -0.2) is 0 Å². The van der Waals surface area contributed by atoms with Crippen molar-refractivity contribution in [1.29, 1.82) is 0 Å². The molecule has 0 radical (unpaired) electrons. The Labute approximate surface area is 153 Å². The van der Waals surface area contributed by atoms with Crippen LogP contribution in [0.25, 0.3) is 0 Å². The number of halogens is 4. The smallest absolute Gasteiger partial charge is 0.416 e. The van der Waals surface area contributed by atoms with Gasteiger partial charge in [-0.3, -0.25) is 14.9 Å². The third-order valence-corrected chi connectivity index (χ3v) is 3.75. The van der Waals surface area contributed by atoms with Crippen molar-refractivity contribution >= 4 is 27.9 Å². The summed E-state index contributed by atoms with van der Waals surface area (Å²) in [5.74, 6) is -0.290. The summed E-state index contributed by atoms with van der Waals surface area (Å²) < 4.78 is 49.4. The van der Waals surface area contributed by atoms with Crippen LogP contribution >= 0.6 is 15.9 Å². The maximum atomic E-state index is 12.8. The molecule has 0 saturated carbocycles. The van der Waals surface area contributed by atoms with E-state index in [-0.39, 0.29) is 28.1 Å². The van der Waals surface area contributed by atoms with Gasteiger partial charge in [-0.15, -0.1) is 0 Å². The number of nitrogens with zero attached hydrogens (tertiary/aromatic N) is 1. The molecule has 2 aromatic carbocycles. The fourth-order valence-corrected chi connectivity index (χ4v) is 2.59. The molecule has 138 valence electrons. The average Bonchev–Trinajstić information content (AvgIpc) is 2.56. The van der Waals surface area contributed by atoms with E-state index in [0.717, 1.165) is 6.07 Å². The number of hydrogen-bond acceptors (Lipinski definition) is 5. The van der Waals surface area contributed by atoms with Crippen molar-refractivity contribution in [3.8, 4) is 17.2 Å². The Morgan fingerprint density at radius 2 is 1.92 bits per heavy atom. The number of hydrogen-bond donors (Lipinski definition) is 0. The zero-order valence-corrected chi connectivity index (χ0v) is 14.8. The molecule has 0 heterocycles. The summed E-state index contributed by atoms with van der Waals surface area (Å²) in [6.07, 6.45) is -4.16. The maximum Gasteiger partial charge on any atom is 0.416 e. The maximum absolute atomic E-state index is 12.8. The van der Waals surface area contributed by atoms with Crippen LogP contribution < -0.4 is 9.47 Å². The van der Waals surface area contributed by atoms with Gasteiger partial charge in [0.15, 0.2) is 11.5 Å². The Kier molecular flexibility index (Phi) is 5.86. The number of carbonyl (C=O) groups excluding carboxylic acids is 1. The molecule has 0 spiro atoms. The Morgan fingerprint density at radius 3 is 2.46 bits per heavy atom. The van der Waals surface area contributed by atoms with Crippen LogP contribution in [-0.4, -0.2) is 17.8 Å². The Morgan fingerprint density at radius 1 is 1.23 bits per heavy atom. The lowest BCUT2D eigenvalue weighted by Crippen LogP contribution is -2.06. The van der Waals surface area contributed by atoms with Crippen LogP contribution in [0.2, 0.25) is 0 Å². The molecule has 26 heavy (non-hydrogen) atoms. The molecule has 0 aliphatic carbocycles. The van der Waals surface area contributed by atoms with E-state index in [1.54, 1.807) is 6.92 Å². The molecule has 2 rings (SSSR count). The van der Waals surface area contributed by atoms with Crippen molar-refractivity contribution in [3.63, 3.8) is 0 Å². The van der Waals surface area contributed by atoms with Crippen molar-refractivity contribution in [2.75, 3.05) is 6.61 Å². The van der Waals surface area contributed by atoms with Crippen LogP contribution in [-0.2, 0) is 6.18 Å². The minimum absolute atomic E-state index is 0.000286. The zero-order valence-electron chi connectivity index (χ0n) is 13.2. The molecule has 0 bridgehead atoms. The minimum Gasteiger partial charge on any atom is -0.490 e. The lowest BCUT2D eigenvalue weighted by molar-refractivity contribution is -0.385. The van der Waals surface area contributed by atoms with Gasteiger partial charge < -0.3 is 9.47 Å². The lowest BCUT2D eigenvalue weighted by atomic mass is 10.1. The largest absolute Gasteiger partial charge is 0.490 e. The van der Waals surface area contributed by atoms with Crippen LogP contribution in [0.3, 0.4) is 0 Å². The number of aldehydes is 1. The lowest BCUT2D eigenvalue weighted by Gasteiger charge is -2.15. The van der Waals surface area contributed by atoms with E-state index in [2.05, 4.69) is 15.9 Å². The van der Waals surface area contributed by atoms with Gasteiger partial charge in [-0.1, -0.05) is 0 Å². The number of rotatable bonds is 6.